The molecule has 0 radical (unpaired) electrons. The first-order chi connectivity index (χ1) is 13.1. The van der Waals surface area contributed by atoms with Crippen molar-refractivity contribution >= 4 is 11.8 Å². The topological polar surface area (TPSA) is 63.6 Å². The largest absolute Gasteiger partial charge is 0.469 e. The van der Waals surface area contributed by atoms with E-state index in [-0.39, 0.29) is 11.9 Å². The molecule has 0 unspecified atom stereocenters. The summed E-state index contributed by atoms with van der Waals surface area (Å²) in [5, 5.41) is 10.5. The average molecular weight is 377 g/mol. The maximum Gasteiger partial charge on any atom is 0.305 e. The number of aliphatic hydroxyl groups is 1. The van der Waals surface area contributed by atoms with Crippen LogP contribution in [0, 0.1) is 23.7 Å². The number of methoxy groups -OCH3 is 1. The molecule has 2 saturated carbocycles. The summed E-state index contributed by atoms with van der Waals surface area (Å²) in [4.78, 5) is 24.1. The van der Waals surface area contributed by atoms with Gasteiger partial charge in [0.15, 0.2) is 0 Å². The fraction of sp³-hybridized carbons (Fsp3) is 0.826. The molecule has 4 nitrogen and oxygen atoms in total. The standard InChI is InChI=1S/C23H36O4/c1-27-22(26)10-6-5-9-17-13-18-15-21(25)23(19(18)14-17)20(24)12-11-16-7-3-2-4-8-16/h13,16,18-19,21,23,25H,2-12,14-15H2,1H3/t18-,19-,21-,23+/m1/s1. The molecule has 0 heterocycles. The molecule has 3 aliphatic carbocycles. The summed E-state index contributed by atoms with van der Waals surface area (Å²) >= 11 is 0. The molecule has 4 atom stereocenters. The maximum absolute atomic E-state index is 12.9. The molecule has 0 aromatic carbocycles. The molecular weight excluding hydrogens is 340 g/mol. The molecule has 3 rings (SSSR count). The number of rotatable bonds is 9. The Morgan fingerprint density at radius 1 is 1.15 bits per heavy atom. The molecule has 4 heteroatoms. The first-order valence-corrected chi connectivity index (χ1v) is 11.1. The van der Waals surface area contributed by atoms with E-state index in [1.807, 2.05) is 0 Å². The van der Waals surface area contributed by atoms with Crippen molar-refractivity contribution in [1.82, 2.24) is 0 Å². The van der Waals surface area contributed by atoms with Gasteiger partial charge in [0.25, 0.3) is 0 Å². The van der Waals surface area contributed by atoms with Crippen LogP contribution in [0.4, 0.5) is 0 Å². The van der Waals surface area contributed by atoms with Gasteiger partial charge < -0.3 is 9.84 Å². The maximum atomic E-state index is 12.9. The zero-order chi connectivity index (χ0) is 19.2. The molecule has 0 aromatic rings. The Hall–Kier alpha value is -1.16. The summed E-state index contributed by atoms with van der Waals surface area (Å²) in [7, 11) is 1.43. The minimum atomic E-state index is -0.448. The van der Waals surface area contributed by atoms with E-state index in [9.17, 15) is 14.7 Å². The molecule has 27 heavy (non-hydrogen) atoms. The Kier molecular flexibility index (Phi) is 7.51. The smallest absolute Gasteiger partial charge is 0.305 e. The van der Waals surface area contributed by atoms with Crippen LogP contribution >= 0.6 is 0 Å². The number of fused-ring (bicyclic) bond motifs is 1. The monoisotopic (exact) mass is 376 g/mol. The van der Waals surface area contributed by atoms with Gasteiger partial charge in [0.1, 0.15) is 5.78 Å². The van der Waals surface area contributed by atoms with E-state index in [1.54, 1.807) is 0 Å². The summed E-state index contributed by atoms with van der Waals surface area (Å²) < 4.78 is 4.68. The molecule has 0 spiro atoms. The number of unbranched alkanes of at least 4 members (excludes halogenated alkanes) is 1. The SMILES string of the molecule is COC(=O)CCCCC1=C[C@@H]2C[C@@H](O)[C@H](C(=O)CCC3CCCCC3)[C@@H]2C1. The van der Waals surface area contributed by atoms with Gasteiger partial charge in [-0.1, -0.05) is 43.8 Å². The van der Waals surface area contributed by atoms with Gasteiger partial charge in [-0.2, -0.15) is 0 Å². The van der Waals surface area contributed by atoms with Crippen LogP contribution in [0.3, 0.4) is 0 Å². The number of carbonyl (C=O) groups is 2. The molecule has 0 bridgehead atoms. The summed E-state index contributed by atoms with van der Waals surface area (Å²) in [6.07, 6.45) is 15.1. The quantitative estimate of drug-likeness (QED) is 0.363. The minimum Gasteiger partial charge on any atom is -0.469 e. The van der Waals surface area contributed by atoms with E-state index >= 15 is 0 Å². The Bertz CT molecular complexity index is 547. The molecule has 1 N–H and O–H groups in total. The molecule has 2 fully saturated rings. The van der Waals surface area contributed by atoms with Crippen LogP contribution in [0.2, 0.25) is 0 Å². The van der Waals surface area contributed by atoms with Crippen LogP contribution in [0.25, 0.3) is 0 Å². The van der Waals surface area contributed by atoms with E-state index in [4.69, 9.17) is 0 Å². The van der Waals surface area contributed by atoms with Gasteiger partial charge in [-0.25, -0.2) is 0 Å². The molecule has 3 aliphatic rings. The number of esters is 1. The van der Waals surface area contributed by atoms with Crippen LogP contribution in [0.1, 0.15) is 83.5 Å². The summed E-state index contributed by atoms with van der Waals surface area (Å²) in [6.45, 7) is 0. The van der Waals surface area contributed by atoms with E-state index in [0.717, 1.165) is 44.4 Å². The number of carbonyl (C=O) groups excluding carboxylic acids is 2. The van der Waals surface area contributed by atoms with Gasteiger partial charge in [-0.05, 0) is 56.3 Å². The van der Waals surface area contributed by atoms with Crippen molar-refractivity contribution in [3.05, 3.63) is 11.6 Å². The van der Waals surface area contributed by atoms with Crippen molar-refractivity contribution in [3.8, 4) is 0 Å². The number of Topliss-reactive ketones (excluding diaryl/α,β-unsaturated/α-hetero) is 1. The highest BCUT2D eigenvalue weighted by Gasteiger charge is 2.47. The number of aliphatic hydroxyl groups excluding tert-OH is 1. The van der Waals surface area contributed by atoms with Crippen molar-refractivity contribution in [2.45, 2.75) is 89.6 Å². The number of ketones is 1. The van der Waals surface area contributed by atoms with Crippen molar-refractivity contribution in [1.29, 1.82) is 0 Å². The highest BCUT2D eigenvalue weighted by molar-refractivity contribution is 5.82. The highest BCUT2D eigenvalue weighted by Crippen LogP contribution is 2.48. The third-order valence-corrected chi connectivity index (χ3v) is 7.14. The normalized spacial score (nSPS) is 30.8. The van der Waals surface area contributed by atoms with Crippen molar-refractivity contribution < 1.29 is 19.4 Å². The first-order valence-electron chi connectivity index (χ1n) is 11.1. The van der Waals surface area contributed by atoms with Crippen molar-refractivity contribution in [3.63, 3.8) is 0 Å². The van der Waals surface area contributed by atoms with Gasteiger partial charge in [0.05, 0.1) is 13.2 Å². The zero-order valence-corrected chi connectivity index (χ0v) is 16.8. The lowest BCUT2D eigenvalue weighted by atomic mass is 9.81. The van der Waals surface area contributed by atoms with Crippen LogP contribution in [0.15, 0.2) is 11.6 Å². The number of hydrogen-bond donors (Lipinski definition) is 1. The molecular formula is C23H36O4. The van der Waals surface area contributed by atoms with Crippen LogP contribution in [-0.4, -0.2) is 30.1 Å². The second-order valence-corrected chi connectivity index (χ2v) is 8.98. The number of allylic oxidation sites excluding steroid dienone is 2. The zero-order valence-electron chi connectivity index (χ0n) is 16.8. The second-order valence-electron chi connectivity index (χ2n) is 8.98. The molecule has 0 amide bonds. The van der Waals surface area contributed by atoms with Gasteiger partial charge in [0, 0.05) is 18.8 Å². The van der Waals surface area contributed by atoms with Gasteiger partial charge in [-0.3, -0.25) is 9.59 Å². The number of hydrogen-bond acceptors (Lipinski definition) is 4. The van der Waals surface area contributed by atoms with E-state index in [2.05, 4.69) is 10.8 Å². The Morgan fingerprint density at radius 3 is 2.67 bits per heavy atom. The van der Waals surface area contributed by atoms with Gasteiger partial charge in [0.2, 0.25) is 0 Å². The second kappa shape index (κ2) is 9.86. The minimum absolute atomic E-state index is 0.140. The van der Waals surface area contributed by atoms with Crippen LogP contribution < -0.4 is 0 Å². The third kappa shape index (κ3) is 5.43. The van der Waals surface area contributed by atoms with Crippen molar-refractivity contribution in [2.24, 2.45) is 23.7 Å². The lowest BCUT2D eigenvalue weighted by Gasteiger charge is -2.24. The van der Waals surface area contributed by atoms with E-state index in [0.29, 0.717) is 30.5 Å². The lowest BCUT2D eigenvalue weighted by molar-refractivity contribution is -0.140. The third-order valence-electron chi connectivity index (χ3n) is 7.14. The summed E-state index contributed by atoms with van der Waals surface area (Å²) in [5.74, 6) is 1.43. The molecule has 0 saturated heterocycles. The Balaban J connectivity index is 1.44. The van der Waals surface area contributed by atoms with E-state index < -0.39 is 6.10 Å². The highest BCUT2D eigenvalue weighted by atomic mass is 16.5. The predicted molar refractivity (Wildman–Crippen MR) is 105 cm³/mol. The van der Waals surface area contributed by atoms with Crippen molar-refractivity contribution in [2.75, 3.05) is 7.11 Å². The van der Waals surface area contributed by atoms with E-state index in [1.165, 1.54) is 44.8 Å². The Labute approximate surface area is 163 Å². The fourth-order valence-electron chi connectivity index (χ4n) is 5.65. The van der Waals surface area contributed by atoms with Crippen LogP contribution in [-0.2, 0) is 14.3 Å². The van der Waals surface area contributed by atoms with Gasteiger partial charge in [-0.15, -0.1) is 0 Å². The molecule has 0 aliphatic heterocycles. The lowest BCUT2D eigenvalue weighted by Crippen LogP contribution is -2.29. The van der Waals surface area contributed by atoms with Gasteiger partial charge >= 0.3 is 5.97 Å². The Morgan fingerprint density at radius 2 is 1.93 bits per heavy atom. The molecule has 152 valence electrons. The fourth-order valence-corrected chi connectivity index (χ4v) is 5.65. The van der Waals surface area contributed by atoms with Crippen LogP contribution in [0.5, 0.6) is 0 Å². The predicted octanol–water partition coefficient (Wildman–Crippen LogP) is 4.59. The first kappa shape index (κ1) is 20.6. The summed E-state index contributed by atoms with van der Waals surface area (Å²) in [5.41, 5.74) is 1.42. The average Bonchev–Trinajstić information content (AvgIpc) is 3.19. The molecule has 0 aromatic heterocycles. The number of ether oxygens (including phenoxy) is 1. The summed E-state index contributed by atoms with van der Waals surface area (Å²) in [6, 6.07) is 0.